The number of thiophene rings is 1. The number of carbonyl (C=O) groups excluding carboxylic acids is 1. The quantitative estimate of drug-likeness (QED) is 0.496. The van der Waals surface area contributed by atoms with Crippen molar-refractivity contribution in [3.63, 3.8) is 0 Å². The number of furan rings is 1. The third-order valence-electron chi connectivity index (χ3n) is 4.98. The summed E-state index contributed by atoms with van der Waals surface area (Å²) in [5.74, 6) is -0.554. The van der Waals surface area contributed by atoms with E-state index in [-0.39, 0.29) is 22.8 Å². The second-order valence-electron chi connectivity index (χ2n) is 6.93. The van der Waals surface area contributed by atoms with Crippen LogP contribution in [0.2, 0.25) is 0 Å². The molecule has 5 rings (SSSR count). The number of anilines is 1. The minimum atomic E-state index is -4.73. The van der Waals surface area contributed by atoms with Crippen molar-refractivity contribution in [2.75, 3.05) is 5.32 Å². The van der Waals surface area contributed by atoms with Crippen LogP contribution in [0.1, 0.15) is 38.6 Å². The smallest absolute Gasteiger partial charge is 0.433 e. The fraction of sp³-hybridized carbons (Fsp3) is 0.200. The number of carbonyl (C=O) groups is 1. The summed E-state index contributed by atoms with van der Waals surface area (Å²) >= 11 is 1.31. The van der Waals surface area contributed by atoms with Crippen LogP contribution in [0, 0.1) is 11.3 Å². The molecule has 0 fully saturated rings. The minimum absolute atomic E-state index is 0.0295. The van der Waals surface area contributed by atoms with Crippen molar-refractivity contribution in [1.82, 2.24) is 14.6 Å². The number of nitrogens with one attached hydrogen (secondary N) is 1. The van der Waals surface area contributed by atoms with Crippen LogP contribution in [0.25, 0.3) is 17.1 Å². The maximum Gasteiger partial charge on any atom is 0.433 e. The fourth-order valence-corrected chi connectivity index (χ4v) is 4.85. The van der Waals surface area contributed by atoms with Gasteiger partial charge in [-0.25, -0.2) is 9.50 Å². The average molecular weight is 443 g/mol. The molecule has 0 aromatic carbocycles. The molecule has 0 aliphatic heterocycles. The van der Waals surface area contributed by atoms with Crippen LogP contribution in [0.15, 0.2) is 34.9 Å². The summed E-state index contributed by atoms with van der Waals surface area (Å²) in [5.41, 5.74) is -0.174. The Balaban J connectivity index is 1.55. The number of alkyl halides is 3. The Bertz CT molecular complexity index is 1360. The third kappa shape index (κ3) is 3.25. The molecule has 1 aliphatic carbocycles. The number of halogens is 3. The Morgan fingerprint density at radius 2 is 2.16 bits per heavy atom. The Morgan fingerprint density at radius 3 is 2.87 bits per heavy atom. The average Bonchev–Trinajstić information content (AvgIpc) is 3.48. The SMILES string of the molecule is N#Cc1c(NC(=O)c2cc3nc(-c4ccco4)cc(C(F)(F)F)n3n2)sc2c1CCC2. The van der Waals surface area contributed by atoms with Crippen molar-refractivity contribution in [3.05, 3.63) is 57.9 Å². The van der Waals surface area contributed by atoms with Crippen LogP contribution in [0.3, 0.4) is 0 Å². The van der Waals surface area contributed by atoms with Crippen LogP contribution in [-0.2, 0) is 19.0 Å². The van der Waals surface area contributed by atoms with Gasteiger partial charge in [0, 0.05) is 10.9 Å². The molecule has 0 saturated carbocycles. The predicted molar refractivity (Wildman–Crippen MR) is 105 cm³/mol. The molecule has 4 heterocycles. The number of aromatic nitrogens is 3. The maximum atomic E-state index is 13.6. The van der Waals surface area contributed by atoms with E-state index in [2.05, 4.69) is 21.5 Å². The molecular weight excluding hydrogens is 431 g/mol. The van der Waals surface area contributed by atoms with Crippen molar-refractivity contribution >= 4 is 27.9 Å². The maximum absolute atomic E-state index is 13.6. The summed E-state index contributed by atoms with van der Waals surface area (Å²) in [6, 6.07) is 7.12. The molecule has 11 heteroatoms. The number of hydrogen-bond acceptors (Lipinski definition) is 6. The largest absolute Gasteiger partial charge is 0.463 e. The van der Waals surface area contributed by atoms with Gasteiger partial charge in [0.2, 0.25) is 0 Å². The number of hydrogen-bond donors (Lipinski definition) is 1. The third-order valence-corrected chi connectivity index (χ3v) is 6.19. The molecule has 0 saturated heterocycles. The minimum Gasteiger partial charge on any atom is -0.463 e. The second-order valence-corrected chi connectivity index (χ2v) is 8.03. The van der Waals surface area contributed by atoms with Gasteiger partial charge in [-0.2, -0.15) is 23.5 Å². The fourth-order valence-electron chi connectivity index (χ4n) is 3.62. The zero-order chi connectivity index (χ0) is 21.8. The van der Waals surface area contributed by atoms with Gasteiger partial charge in [0.15, 0.2) is 22.8 Å². The van der Waals surface area contributed by atoms with Gasteiger partial charge in [-0.1, -0.05) is 0 Å². The highest BCUT2D eigenvalue weighted by molar-refractivity contribution is 7.16. The first-order chi connectivity index (χ1) is 14.8. The Kier molecular flexibility index (Phi) is 4.33. The van der Waals surface area contributed by atoms with E-state index in [1.54, 1.807) is 0 Å². The van der Waals surface area contributed by atoms with E-state index in [0.717, 1.165) is 35.8 Å². The van der Waals surface area contributed by atoms with E-state index in [4.69, 9.17) is 4.42 Å². The van der Waals surface area contributed by atoms with Gasteiger partial charge < -0.3 is 9.73 Å². The highest BCUT2D eigenvalue weighted by atomic mass is 32.1. The lowest BCUT2D eigenvalue weighted by Crippen LogP contribution is -2.15. The first-order valence-corrected chi connectivity index (χ1v) is 10.0. The van der Waals surface area contributed by atoms with Gasteiger partial charge in [-0.05, 0) is 43.0 Å². The van der Waals surface area contributed by atoms with E-state index in [9.17, 15) is 23.2 Å². The molecule has 0 atom stereocenters. The topological polar surface area (TPSA) is 96.2 Å². The van der Waals surface area contributed by atoms with Crippen molar-refractivity contribution in [2.45, 2.75) is 25.4 Å². The highest BCUT2D eigenvalue weighted by Crippen LogP contribution is 2.39. The standard InChI is InChI=1S/C20H12F3N5O2S/c21-20(22,23)16-7-12(14-4-2-6-30-14)25-17-8-13(27-28(16)17)18(29)26-19-11(9-24)10-3-1-5-15(10)31-19/h2,4,6-8H,1,3,5H2,(H,26,29). The van der Waals surface area contributed by atoms with E-state index in [0.29, 0.717) is 15.1 Å². The molecule has 1 N–H and O–H groups in total. The zero-order valence-corrected chi connectivity index (χ0v) is 16.5. The molecular formula is C20H12F3N5O2S. The summed E-state index contributed by atoms with van der Waals surface area (Å²) < 4.78 is 46.6. The predicted octanol–water partition coefficient (Wildman–Crippen LogP) is 4.68. The molecule has 31 heavy (non-hydrogen) atoms. The van der Waals surface area contributed by atoms with Gasteiger partial charge in [-0.3, -0.25) is 4.79 Å². The second kappa shape index (κ2) is 6.95. The summed E-state index contributed by atoms with van der Waals surface area (Å²) in [6.45, 7) is 0. The molecule has 1 aliphatic rings. The first-order valence-electron chi connectivity index (χ1n) is 9.23. The molecule has 0 spiro atoms. The van der Waals surface area contributed by atoms with Crippen LogP contribution >= 0.6 is 11.3 Å². The molecule has 156 valence electrons. The van der Waals surface area contributed by atoms with Gasteiger partial charge in [0.1, 0.15) is 16.8 Å². The molecule has 4 aromatic rings. The number of rotatable bonds is 3. The number of nitriles is 1. The molecule has 0 unspecified atom stereocenters. The molecule has 4 aromatic heterocycles. The number of nitrogens with zero attached hydrogens (tertiary/aromatic N) is 4. The van der Waals surface area contributed by atoms with E-state index in [1.807, 2.05) is 0 Å². The van der Waals surface area contributed by atoms with Crippen molar-refractivity contribution < 1.29 is 22.4 Å². The van der Waals surface area contributed by atoms with Crippen molar-refractivity contribution in [3.8, 4) is 17.5 Å². The Morgan fingerprint density at radius 1 is 1.32 bits per heavy atom. The summed E-state index contributed by atoms with van der Waals surface area (Å²) in [4.78, 5) is 17.9. The number of amides is 1. The van der Waals surface area contributed by atoms with Gasteiger partial charge >= 0.3 is 6.18 Å². The lowest BCUT2D eigenvalue weighted by molar-refractivity contribution is -0.142. The number of fused-ring (bicyclic) bond motifs is 2. The Labute approximate surface area is 176 Å². The van der Waals surface area contributed by atoms with Crippen molar-refractivity contribution in [2.24, 2.45) is 0 Å². The van der Waals surface area contributed by atoms with Gasteiger partial charge in [0.25, 0.3) is 5.91 Å². The van der Waals surface area contributed by atoms with Gasteiger partial charge in [-0.15, -0.1) is 11.3 Å². The van der Waals surface area contributed by atoms with Crippen molar-refractivity contribution in [1.29, 1.82) is 5.26 Å². The Hall–Kier alpha value is -3.65. The van der Waals surface area contributed by atoms with Gasteiger partial charge in [0.05, 0.1) is 11.8 Å². The van der Waals surface area contributed by atoms with E-state index < -0.39 is 17.8 Å². The van der Waals surface area contributed by atoms with Crippen LogP contribution in [0.4, 0.5) is 18.2 Å². The van der Waals surface area contributed by atoms with Crippen LogP contribution < -0.4 is 5.32 Å². The van der Waals surface area contributed by atoms with E-state index >= 15 is 0 Å². The summed E-state index contributed by atoms with van der Waals surface area (Å²) in [6.07, 6.45) is -0.832. The van der Waals surface area contributed by atoms with E-state index in [1.165, 1.54) is 35.8 Å². The lowest BCUT2D eigenvalue weighted by Gasteiger charge is -2.09. The first kappa shape index (κ1) is 19.3. The zero-order valence-electron chi connectivity index (χ0n) is 15.7. The van der Waals surface area contributed by atoms with Crippen LogP contribution in [0.5, 0.6) is 0 Å². The number of aryl methyl sites for hydroxylation is 1. The highest BCUT2D eigenvalue weighted by Gasteiger charge is 2.36. The lowest BCUT2D eigenvalue weighted by atomic mass is 10.1. The summed E-state index contributed by atoms with van der Waals surface area (Å²) in [7, 11) is 0. The molecule has 0 radical (unpaired) electrons. The molecule has 7 nitrogen and oxygen atoms in total. The summed E-state index contributed by atoms with van der Waals surface area (Å²) in [5, 5.41) is 16.3. The molecule has 1 amide bonds. The normalized spacial score (nSPS) is 13.4. The monoisotopic (exact) mass is 443 g/mol. The van der Waals surface area contributed by atoms with Crippen LogP contribution in [-0.4, -0.2) is 20.5 Å². The molecule has 0 bridgehead atoms.